The number of rotatable bonds is 8. The van der Waals surface area contributed by atoms with E-state index in [2.05, 4.69) is 10.6 Å². The summed E-state index contributed by atoms with van der Waals surface area (Å²) >= 11 is 12.7. The lowest BCUT2D eigenvalue weighted by atomic mass is 9.90. The molecule has 2 aromatic carbocycles. The molecule has 3 rings (SSSR count). The van der Waals surface area contributed by atoms with Crippen molar-refractivity contribution in [2.24, 2.45) is 0 Å². The summed E-state index contributed by atoms with van der Waals surface area (Å²) in [5.41, 5.74) is 2.34. The van der Waals surface area contributed by atoms with Crippen LogP contribution in [-0.2, 0) is 20.8 Å². The van der Waals surface area contributed by atoms with Crippen molar-refractivity contribution in [1.82, 2.24) is 10.6 Å². The number of carbonyl (C=O) groups excluding carboxylic acids is 2. The number of alkyl carbamates (subject to hydrolysis) is 1. The molecule has 1 amide bonds. The summed E-state index contributed by atoms with van der Waals surface area (Å²) in [6, 6.07) is 12.3. The van der Waals surface area contributed by atoms with Crippen LogP contribution in [0.15, 0.2) is 65.4 Å². The van der Waals surface area contributed by atoms with Gasteiger partial charge in [-0.1, -0.05) is 54.4 Å². The van der Waals surface area contributed by atoms with E-state index in [0.717, 1.165) is 6.42 Å². The van der Waals surface area contributed by atoms with Gasteiger partial charge in [-0.05, 0) is 45.4 Å². The van der Waals surface area contributed by atoms with Crippen LogP contribution in [0.25, 0.3) is 0 Å². The Hall–Kier alpha value is -3.36. The van der Waals surface area contributed by atoms with E-state index in [1.807, 2.05) is 19.9 Å². The Kier molecular flexibility index (Phi) is 9.72. The molecule has 0 spiro atoms. The van der Waals surface area contributed by atoms with Crippen LogP contribution in [0.1, 0.15) is 51.2 Å². The van der Waals surface area contributed by atoms with Crippen LogP contribution in [0, 0.1) is 0 Å². The summed E-state index contributed by atoms with van der Waals surface area (Å²) in [6.45, 7) is 7.43. The molecule has 0 fully saturated rings. The van der Waals surface area contributed by atoms with Gasteiger partial charge in [0.2, 0.25) is 0 Å². The summed E-state index contributed by atoms with van der Waals surface area (Å²) in [7, 11) is 1.21. The molecule has 0 saturated carbocycles. The Bertz CT molecular complexity index is 1210. The maximum Gasteiger partial charge on any atom is 0.513 e. The standard InChI is InChI=1S/C27H30Cl2N2O6/c1-6-15(2)30-26(32)36-24-16(3)31-17(4)25(37-27(33)34-5)23(24)18-10-7-8-13-22(18)35-14-19-20(28)11-9-12-21(19)29/h7-13,15,23,31H,6,14H2,1-5H3,(H,30,32). The van der Waals surface area contributed by atoms with Crippen LogP contribution in [0.3, 0.4) is 0 Å². The molecule has 0 saturated heterocycles. The van der Waals surface area contributed by atoms with Crippen LogP contribution >= 0.6 is 23.2 Å². The van der Waals surface area contributed by atoms with Gasteiger partial charge in [0.05, 0.1) is 18.5 Å². The highest BCUT2D eigenvalue weighted by molar-refractivity contribution is 6.35. The number of methoxy groups -OCH3 is 1. The molecule has 0 aliphatic carbocycles. The van der Waals surface area contributed by atoms with E-state index in [9.17, 15) is 9.59 Å². The number of amides is 1. The predicted octanol–water partition coefficient (Wildman–Crippen LogP) is 7.03. The van der Waals surface area contributed by atoms with Crippen LogP contribution < -0.4 is 15.4 Å². The summed E-state index contributed by atoms with van der Waals surface area (Å²) in [6.07, 6.45) is -0.815. The van der Waals surface area contributed by atoms with E-state index in [1.165, 1.54) is 7.11 Å². The molecular weight excluding hydrogens is 519 g/mol. The summed E-state index contributed by atoms with van der Waals surface area (Å²) in [5, 5.41) is 6.85. The first kappa shape index (κ1) is 28.2. The molecule has 1 heterocycles. The minimum Gasteiger partial charge on any atom is -0.488 e. The van der Waals surface area contributed by atoms with E-state index < -0.39 is 18.2 Å². The molecule has 0 bridgehead atoms. The van der Waals surface area contributed by atoms with Crippen molar-refractivity contribution in [3.05, 3.63) is 86.5 Å². The first-order chi connectivity index (χ1) is 17.7. The number of hydrogen-bond donors (Lipinski definition) is 2. The quantitative estimate of drug-likeness (QED) is 0.342. The number of halogens is 2. The van der Waals surface area contributed by atoms with Gasteiger partial charge in [-0.25, -0.2) is 9.59 Å². The highest BCUT2D eigenvalue weighted by Gasteiger charge is 2.37. The lowest BCUT2D eigenvalue weighted by Crippen LogP contribution is -2.35. The van der Waals surface area contributed by atoms with E-state index in [0.29, 0.717) is 38.3 Å². The molecular formula is C27H30Cl2N2O6. The Morgan fingerprint density at radius 2 is 1.62 bits per heavy atom. The largest absolute Gasteiger partial charge is 0.513 e. The maximum absolute atomic E-state index is 12.7. The molecule has 198 valence electrons. The molecule has 2 aromatic rings. The number of benzene rings is 2. The molecule has 10 heteroatoms. The fourth-order valence-corrected chi connectivity index (χ4v) is 4.25. The topological polar surface area (TPSA) is 95.1 Å². The van der Waals surface area contributed by atoms with Crippen molar-refractivity contribution < 1.29 is 28.5 Å². The molecule has 2 unspecified atom stereocenters. The smallest absolute Gasteiger partial charge is 0.488 e. The van der Waals surface area contributed by atoms with Gasteiger partial charge < -0.3 is 29.6 Å². The van der Waals surface area contributed by atoms with Crippen molar-refractivity contribution in [2.75, 3.05) is 7.11 Å². The molecule has 1 aliphatic heterocycles. The SMILES string of the molecule is CCC(C)NC(=O)OC1=C(C)NC(C)=C(OC(=O)OC)C1c1ccccc1OCc1c(Cl)cccc1Cl. The van der Waals surface area contributed by atoms with E-state index in [-0.39, 0.29) is 24.2 Å². The monoisotopic (exact) mass is 548 g/mol. The van der Waals surface area contributed by atoms with E-state index in [1.54, 1.807) is 50.2 Å². The number of dihydropyridines is 1. The van der Waals surface area contributed by atoms with Crippen LogP contribution in [0.5, 0.6) is 5.75 Å². The fraction of sp³-hybridized carbons (Fsp3) is 0.333. The average Bonchev–Trinajstić information content (AvgIpc) is 2.86. The zero-order valence-corrected chi connectivity index (χ0v) is 22.8. The van der Waals surface area contributed by atoms with Gasteiger partial charge in [0.15, 0.2) is 0 Å². The van der Waals surface area contributed by atoms with Crippen molar-refractivity contribution in [3.8, 4) is 5.75 Å². The minimum atomic E-state index is -0.912. The van der Waals surface area contributed by atoms with Gasteiger partial charge in [0.25, 0.3) is 0 Å². The predicted molar refractivity (Wildman–Crippen MR) is 141 cm³/mol. The van der Waals surface area contributed by atoms with Crippen molar-refractivity contribution >= 4 is 35.5 Å². The lowest BCUT2D eigenvalue weighted by Gasteiger charge is -2.31. The number of ether oxygens (including phenoxy) is 4. The van der Waals surface area contributed by atoms with Crippen LogP contribution in [0.2, 0.25) is 10.0 Å². The molecule has 0 aromatic heterocycles. The highest BCUT2D eigenvalue weighted by Crippen LogP contribution is 2.43. The highest BCUT2D eigenvalue weighted by atomic mass is 35.5. The second-order valence-electron chi connectivity index (χ2n) is 8.46. The van der Waals surface area contributed by atoms with Crippen molar-refractivity contribution in [2.45, 2.75) is 52.7 Å². The zero-order valence-electron chi connectivity index (χ0n) is 21.3. The van der Waals surface area contributed by atoms with Crippen molar-refractivity contribution in [3.63, 3.8) is 0 Å². The maximum atomic E-state index is 12.7. The van der Waals surface area contributed by atoms with Crippen LogP contribution in [-0.4, -0.2) is 25.4 Å². The molecule has 8 nitrogen and oxygen atoms in total. The third kappa shape index (κ3) is 6.90. The lowest BCUT2D eigenvalue weighted by molar-refractivity contribution is 0.0885. The third-order valence-corrected chi connectivity index (χ3v) is 6.55. The Morgan fingerprint density at radius 1 is 1.00 bits per heavy atom. The van der Waals surface area contributed by atoms with E-state index >= 15 is 0 Å². The van der Waals surface area contributed by atoms with Gasteiger partial charge in [0, 0.05) is 27.2 Å². The van der Waals surface area contributed by atoms with Gasteiger partial charge in [-0.3, -0.25) is 0 Å². The zero-order chi connectivity index (χ0) is 27.1. The summed E-state index contributed by atoms with van der Waals surface area (Å²) in [4.78, 5) is 24.9. The Labute approximate surface area is 226 Å². The average molecular weight is 549 g/mol. The Balaban J connectivity index is 2.05. The molecule has 37 heavy (non-hydrogen) atoms. The normalized spacial score (nSPS) is 16.0. The first-order valence-electron chi connectivity index (χ1n) is 11.7. The van der Waals surface area contributed by atoms with Gasteiger partial charge >= 0.3 is 12.2 Å². The van der Waals surface area contributed by atoms with Gasteiger partial charge in [-0.15, -0.1) is 0 Å². The minimum absolute atomic E-state index is 0.0871. The number of para-hydroxylation sites is 1. The molecule has 2 N–H and O–H groups in total. The summed E-state index contributed by atoms with van der Waals surface area (Å²) in [5.74, 6) is 0.106. The molecule has 2 atom stereocenters. The number of allylic oxidation sites excluding steroid dienone is 2. The number of hydrogen-bond acceptors (Lipinski definition) is 7. The Morgan fingerprint density at radius 3 is 2.24 bits per heavy atom. The third-order valence-electron chi connectivity index (χ3n) is 5.84. The second kappa shape index (κ2) is 12.7. The van der Waals surface area contributed by atoms with Crippen LogP contribution in [0.4, 0.5) is 9.59 Å². The molecule has 1 aliphatic rings. The molecule has 0 radical (unpaired) electrons. The second-order valence-corrected chi connectivity index (χ2v) is 9.28. The number of carbonyl (C=O) groups is 2. The fourth-order valence-electron chi connectivity index (χ4n) is 3.74. The van der Waals surface area contributed by atoms with E-state index in [4.69, 9.17) is 42.1 Å². The summed E-state index contributed by atoms with van der Waals surface area (Å²) < 4.78 is 22.2. The number of nitrogens with one attached hydrogen (secondary N) is 2. The van der Waals surface area contributed by atoms with Gasteiger partial charge in [-0.2, -0.15) is 0 Å². The first-order valence-corrected chi connectivity index (χ1v) is 12.5. The van der Waals surface area contributed by atoms with Crippen molar-refractivity contribution in [1.29, 1.82) is 0 Å². The van der Waals surface area contributed by atoms with Gasteiger partial charge in [0.1, 0.15) is 29.8 Å².